The van der Waals surface area contributed by atoms with Crippen LogP contribution in [-0.4, -0.2) is 7.11 Å². The summed E-state index contributed by atoms with van der Waals surface area (Å²) in [5.41, 5.74) is 8.90. The summed E-state index contributed by atoms with van der Waals surface area (Å²) >= 11 is 3.53. The maximum Gasteiger partial charge on any atom is 0.127 e. The molecule has 2 aromatic rings. The standard InChI is InChI=1S/C16H18BrNO2/c1-11-4-3-5-12(9-18)16(11)20-10-13-8-14(19-2)6-7-15(13)17/h3-8H,9-10,18H2,1-2H3. The average molecular weight is 336 g/mol. The van der Waals surface area contributed by atoms with Crippen LogP contribution in [0, 0.1) is 6.92 Å². The molecule has 0 radical (unpaired) electrons. The highest BCUT2D eigenvalue weighted by Gasteiger charge is 2.08. The van der Waals surface area contributed by atoms with Crippen LogP contribution in [0.15, 0.2) is 40.9 Å². The van der Waals surface area contributed by atoms with E-state index in [0.717, 1.165) is 32.7 Å². The highest BCUT2D eigenvalue weighted by molar-refractivity contribution is 9.10. The molecule has 106 valence electrons. The molecule has 0 bridgehead atoms. The zero-order valence-electron chi connectivity index (χ0n) is 11.7. The molecule has 0 aliphatic heterocycles. The Kier molecular flexibility index (Phi) is 5.04. The number of para-hydroxylation sites is 1. The number of rotatable bonds is 5. The van der Waals surface area contributed by atoms with Crippen molar-refractivity contribution in [2.24, 2.45) is 5.73 Å². The van der Waals surface area contributed by atoms with E-state index in [9.17, 15) is 0 Å². The third-order valence-electron chi connectivity index (χ3n) is 3.14. The predicted octanol–water partition coefficient (Wildman–Crippen LogP) is 3.80. The Morgan fingerprint density at radius 3 is 2.65 bits per heavy atom. The van der Waals surface area contributed by atoms with E-state index < -0.39 is 0 Å². The quantitative estimate of drug-likeness (QED) is 0.903. The van der Waals surface area contributed by atoms with E-state index in [1.807, 2.05) is 43.3 Å². The first-order chi connectivity index (χ1) is 9.65. The second-order valence-electron chi connectivity index (χ2n) is 4.51. The van der Waals surface area contributed by atoms with Gasteiger partial charge < -0.3 is 15.2 Å². The van der Waals surface area contributed by atoms with Crippen LogP contribution >= 0.6 is 15.9 Å². The number of benzene rings is 2. The summed E-state index contributed by atoms with van der Waals surface area (Å²) < 4.78 is 12.2. The summed E-state index contributed by atoms with van der Waals surface area (Å²) in [7, 11) is 1.65. The van der Waals surface area contributed by atoms with Gasteiger partial charge in [0.25, 0.3) is 0 Å². The van der Waals surface area contributed by atoms with E-state index >= 15 is 0 Å². The molecule has 0 amide bonds. The summed E-state index contributed by atoms with van der Waals surface area (Å²) in [5.74, 6) is 1.68. The Balaban J connectivity index is 2.21. The molecule has 2 aromatic carbocycles. The lowest BCUT2D eigenvalue weighted by atomic mass is 10.1. The zero-order valence-corrected chi connectivity index (χ0v) is 13.2. The van der Waals surface area contributed by atoms with Gasteiger partial charge in [-0.3, -0.25) is 0 Å². The minimum Gasteiger partial charge on any atom is -0.497 e. The first-order valence-electron chi connectivity index (χ1n) is 6.39. The summed E-state index contributed by atoms with van der Waals surface area (Å²) in [5, 5.41) is 0. The topological polar surface area (TPSA) is 44.5 Å². The van der Waals surface area contributed by atoms with Crippen molar-refractivity contribution in [3.63, 3.8) is 0 Å². The molecule has 20 heavy (non-hydrogen) atoms. The minimum absolute atomic E-state index is 0.468. The number of halogens is 1. The van der Waals surface area contributed by atoms with Crippen LogP contribution in [0.4, 0.5) is 0 Å². The van der Waals surface area contributed by atoms with Crippen molar-refractivity contribution in [3.8, 4) is 11.5 Å². The van der Waals surface area contributed by atoms with Crippen LogP contribution in [0.2, 0.25) is 0 Å². The fourth-order valence-corrected chi connectivity index (χ4v) is 2.38. The van der Waals surface area contributed by atoms with Crippen molar-refractivity contribution in [3.05, 3.63) is 57.6 Å². The summed E-state index contributed by atoms with van der Waals surface area (Å²) in [6, 6.07) is 11.8. The molecule has 2 N–H and O–H groups in total. The molecule has 0 fully saturated rings. The first-order valence-corrected chi connectivity index (χ1v) is 7.18. The molecular formula is C16H18BrNO2. The van der Waals surface area contributed by atoms with Crippen molar-refractivity contribution in [2.45, 2.75) is 20.1 Å². The van der Waals surface area contributed by atoms with E-state index in [0.29, 0.717) is 13.2 Å². The molecule has 0 saturated heterocycles. The Bertz CT molecular complexity index is 599. The van der Waals surface area contributed by atoms with Gasteiger partial charge in [0.15, 0.2) is 0 Å². The van der Waals surface area contributed by atoms with Crippen LogP contribution < -0.4 is 15.2 Å². The van der Waals surface area contributed by atoms with Crippen molar-refractivity contribution in [2.75, 3.05) is 7.11 Å². The fraction of sp³-hybridized carbons (Fsp3) is 0.250. The Labute approximate surface area is 127 Å². The van der Waals surface area contributed by atoms with Gasteiger partial charge in [-0.15, -0.1) is 0 Å². The number of nitrogens with two attached hydrogens (primary N) is 1. The number of ether oxygens (including phenoxy) is 2. The normalized spacial score (nSPS) is 10.4. The van der Waals surface area contributed by atoms with Gasteiger partial charge in [0.2, 0.25) is 0 Å². The molecular weight excluding hydrogens is 318 g/mol. The number of hydrogen-bond donors (Lipinski definition) is 1. The van der Waals surface area contributed by atoms with Gasteiger partial charge in [0.1, 0.15) is 18.1 Å². The molecule has 0 aliphatic carbocycles. The van der Waals surface area contributed by atoms with E-state index in [2.05, 4.69) is 15.9 Å². The maximum atomic E-state index is 5.96. The highest BCUT2D eigenvalue weighted by Crippen LogP contribution is 2.27. The van der Waals surface area contributed by atoms with Gasteiger partial charge in [-0.1, -0.05) is 34.1 Å². The Morgan fingerprint density at radius 2 is 1.95 bits per heavy atom. The Morgan fingerprint density at radius 1 is 1.15 bits per heavy atom. The first kappa shape index (κ1) is 14.9. The lowest BCUT2D eigenvalue weighted by Gasteiger charge is -2.14. The summed E-state index contributed by atoms with van der Waals surface area (Å²) in [6.45, 7) is 2.96. The fourth-order valence-electron chi connectivity index (χ4n) is 2.02. The van der Waals surface area contributed by atoms with Crippen LogP contribution in [0.25, 0.3) is 0 Å². The second kappa shape index (κ2) is 6.77. The molecule has 0 heterocycles. The molecule has 2 rings (SSSR count). The highest BCUT2D eigenvalue weighted by atomic mass is 79.9. The van der Waals surface area contributed by atoms with Gasteiger partial charge in [-0.05, 0) is 30.7 Å². The molecule has 0 unspecified atom stereocenters. The number of aryl methyl sites for hydroxylation is 1. The van der Waals surface area contributed by atoms with Gasteiger partial charge >= 0.3 is 0 Å². The third kappa shape index (κ3) is 3.32. The lowest BCUT2D eigenvalue weighted by molar-refractivity contribution is 0.299. The molecule has 0 saturated carbocycles. The lowest BCUT2D eigenvalue weighted by Crippen LogP contribution is -2.04. The molecule has 0 atom stereocenters. The van der Waals surface area contributed by atoms with E-state index in [1.54, 1.807) is 7.11 Å². The third-order valence-corrected chi connectivity index (χ3v) is 3.91. The van der Waals surface area contributed by atoms with Gasteiger partial charge in [0, 0.05) is 22.1 Å². The van der Waals surface area contributed by atoms with Crippen LogP contribution in [0.1, 0.15) is 16.7 Å². The van der Waals surface area contributed by atoms with Crippen molar-refractivity contribution in [1.29, 1.82) is 0 Å². The predicted molar refractivity (Wildman–Crippen MR) is 84.1 cm³/mol. The van der Waals surface area contributed by atoms with E-state index in [-0.39, 0.29) is 0 Å². The Hall–Kier alpha value is -1.52. The monoisotopic (exact) mass is 335 g/mol. The molecule has 3 nitrogen and oxygen atoms in total. The number of methoxy groups -OCH3 is 1. The van der Waals surface area contributed by atoms with Crippen molar-refractivity contribution < 1.29 is 9.47 Å². The smallest absolute Gasteiger partial charge is 0.127 e. The van der Waals surface area contributed by atoms with Crippen LogP contribution in [0.5, 0.6) is 11.5 Å². The largest absolute Gasteiger partial charge is 0.497 e. The second-order valence-corrected chi connectivity index (χ2v) is 5.37. The van der Waals surface area contributed by atoms with Gasteiger partial charge in [-0.2, -0.15) is 0 Å². The van der Waals surface area contributed by atoms with E-state index in [4.69, 9.17) is 15.2 Å². The van der Waals surface area contributed by atoms with Gasteiger partial charge in [-0.25, -0.2) is 0 Å². The zero-order chi connectivity index (χ0) is 14.5. The van der Waals surface area contributed by atoms with E-state index in [1.165, 1.54) is 0 Å². The summed E-state index contributed by atoms with van der Waals surface area (Å²) in [6.07, 6.45) is 0. The van der Waals surface area contributed by atoms with Crippen LogP contribution in [-0.2, 0) is 13.2 Å². The van der Waals surface area contributed by atoms with Crippen molar-refractivity contribution in [1.82, 2.24) is 0 Å². The van der Waals surface area contributed by atoms with Crippen LogP contribution in [0.3, 0.4) is 0 Å². The molecule has 0 aliphatic rings. The van der Waals surface area contributed by atoms with Crippen molar-refractivity contribution >= 4 is 15.9 Å². The SMILES string of the molecule is COc1ccc(Br)c(COc2c(C)cccc2CN)c1. The molecule has 0 aromatic heterocycles. The van der Waals surface area contributed by atoms with Gasteiger partial charge in [0.05, 0.1) is 7.11 Å². The average Bonchev–Trinajstić information content (AvgIpc) is 2.47. The minimum atomic E-state index is 0.468. The number of hydrogen-bond acceptors (Lipinski definition) is 3. The maximum absolute atomic E-state index is 5.96. The molecule has 4 heteroatoms. The summed E-state index contributed by atoms with van der Waals surface area (Å²) in [4.78, 5) is 0. The molecule has 0 spiro atoms.